The Morgan fingerprint density at radius 1 is 1.40 bits per heavy atom. The van der Waals surface area contributed by atoms with Crippen molar-refractivity contribution < 1.29 is 14.3 Å². The monoisotopic (exact) mass is 296 g/mol. The zero-order valence-electron chi connectivity index (χ0n) is 12.1. The van der Waals surface area contributed by atoms with Gasteiger partial charge in [-0.05, 0) is 32.9 Å². The molecule has 0 aliphatic carbocycles. The third-order valence-corrected chi connectivity index (χ3v) is 2.63. The number of carbonyl (C=O) groups excluding carboxylic acids is 1. The molecule has 1 rings (SSSR count). The smallest absolute Gasteiger partial charge is 0.250 e. The van der Waals surface area contributed by atoms with Crippen LogP contribution in [0.3, 0.4) is 0 Å². The van der Waals surface area contributed by atoms with Crippen LogP contribution in [0.25, 0.3) is 0 Å². The number of carbonyl (C=O) groups is 1. The van der Waals surface area contributed by atoms with Crippen LogP contribution in [0, 0.1) is 0 Å². The predicted octanol–water partition coefficient (Wildman–Crippen LogP) is 2.08. The van der Waals surface area contributed by atoms with Crippen LogP contribution in [0.5, 0.6) is 5.75 Å². The van der Waals surface area contributed by atoms with Gasteiger partial charge in [0.15, 0.2) is 0 Å². The third-order valence-electron chi connectivity index (χ3n) is 2.41. The molecule has 3 N–H and O–H groups in total. The Bertz CT molecular complexity index is 510. The third kappa shape index (κ3) is 4.79. The van der Waals surface area contributed by atoms with Crippen LogP contribution >= 0.6 is 12.2 Å². The number of thiocarbonyl (C=S) groups is 1. The van der Waals surface area contributed by atoms with Gasteiger partial charge in [0.25, 0.3) is 5.91 Å². The van der Waals surface area contributed by atoms with Crippen LogP contribution in [0.4, 0.5) is 5.69 Å². The molecule has 1 amide bonds. The molecule has 6 heteroatoms. The Balaban J connectivity index is 2.90. The molecular formula is C14H20N2O3S. The second kappa shape index (κ2) is 6.67. The van der Waals surface area contributed by atoms with E-state index in [0.29, 0.717) is 17.0 Å². The van der Waals surface area contributed by atoms with Crippen LogP contribution in [-0.2, 0) is 9.53 Å². The van der Waals surface area contributed by atoms with Gasteiger partial charge in [-0.3, -0.25) is 4.79 Å². The zero-order chi connectivity index (χ0) is 15.3. The van der Waals surface area contributed by atoms with Crippen LogP contribution in [0.15, 0.2) is 18.2 Å². The number of methoxy groups -OCH3 is 1. The minimum Gasteiger partial charge on any atom is -0.495 e. The highest BCUT2D eigenvalue weighted by atomic mass is 32.1. The molecule has 0 heterocycles. The number of amides is 1. The topological polar surface area (TPSA) is 73.6 Å². The molecule has 0 spiro atoms. The number of benzene rings is 1. The van der Waals surface area contributed by atoms with Gasteiger partial charge in [-0.25, -0.2) is 0 Å². The standard InChI is InChI=1S/C14H20N2O3S/c1-14(2,3)19-8-11(17)16-12-9(13(15)20)6-5-7-10(12)18-4/h5-7H,8H2,1-4H3,(H2,15,20)(H,16,17). The second-order valence-corrected chi connectivity index (χ2v) is 5.64. The molecule has 0 radical (unpaired) electrons. The van der Waals surface area contributed by atoms with Gasteiger partial charge in [0.2, 0.25) is 0 Å². The summed E-state index contributed by atoms with van der Waals surface area (Å²) in [6, 6.07) is 5.21. The van der Waals surface area contributed by atoms with Crippen LogP contribution < -0.4 is 15.8 Å². The average molecular weight is 296 g/mol. The number of nitrogens with one attached hydrogen (secondary N) is 1. The Labute approximate surface area is 124 Å². The molecule has 0 saturated heterocycles. The first-order chi connectivity index (χ1) is 9.24. The van der Waals surface area contributed by atoms with Gasteiger partial charge in [-0.2, -0.15) is 0 Å². The summed E-state index contributed by atoms with van der Waals surface area (Å²) in [6.07, 6.45) is 0. The highest BCUT2D eigenvalue weighted by Crippen LogP contribution is 2.28. The molecule has 1 aromatic rings. The summed E-state index contributed by atoms with van der Waals surface area (Å²) in [4.78, 5) is 12.1. The van der Waals surface area contributed by atoms with Crippen LogP contribution in [-0.4, -0.2) is 30.2 Å². The Morgan fingerprint density at radius 3 is 2.55 bits per heavy atom. The van der Waals surface area contributed by atoms with Gasteiger partial charge in [-0.1, -0.05) is 18.3 Å². The SMILES string of the molecule is COc1cccc(C(N)=S)c1NC(=O)COC(C)(C)C. The van der Waals surface area contributed by atoms with E-state index < -0.39 is 0 Å². The lowest BCUT2D eigenvalue weighted by Crippen LogP contribution is -2.28. The molecule has 1 aromatic carbocycles. The zero-order valence-corrected chi connectivity index (χ0v) is 13.0. The average Bonchev–Trinajstić information content (AvgIpc) is 2.35. The summed E-state index contributed by atoms with van der Waals surface area (Å²) in [7, 11) is 1.51. The molecular weight excluding hydrogens is 276 g/mol. The fraction of sp³-hybridized carbons (Fsp3) is 0.429. The summed E-state index contributed by atoms with van der Waals surface area (Å²) in [5, 5.41) is 2.73. The molecule has 0 bridgehead atoms. The van der Waals surface area contributed by atoms with E-state index in [1.54, 1.807) is 18.2 Å². The number of rotatable bonds is 5. The summed E-state index contributed by atoms with van der Waals surface area (Å²) in [5.41, 5.74) is 6.29. The van der Waals surface area contributed by atoms with Crippen molar-refractivity contribution in [2.45, 2.75) is 26.4 Å². The quantitative estimate of drug-likeness (QED) is 0.814. The Kier molecular flexibility index (Phi) is 5.47. The van der Waals surface area contributed by atoms with Crippen molar-refractivity contribution in [2.75, 3.05) is 19.0 Å². The van der Waals surface area contributed by atoms with E-state index in [4.69, 9.17) is 27.4 Å². The highest BCUT2D eigenvalue weighted by Gasteiger charge is 2.17. The van der Waals surface area contributed by atoms with E-state index in [9.17, 15) is 4.79 Å². The molecule has 0 aliphatic heterocycles. The first kappa shape index (κ1) is 16.4. The normalized spacial score (nSPS) is 11.0. The molecule has 0 atom stereocenters. The first-order valence-electron chi connectivity index (χ1n) is 6.15. The lowest BCUT2D eigenvalue weighted by atomic mass is 10.1. The van der Waals surface area contributed by atoms with E-state index in [-0.39, 0.29) is 23.1 Å². The maximum atomic E-state index is 11.9. The number of nitrogens with two attached hydrogens (primary N) is 1. The van der Waals surface area contributed by atoms with Gasteiger partial charge in [0, 0.05) is 5.56 Å². The molecule has 0 fully saturated rings. The number of ether oxygens (including phenoxy) is 2. The minimum atomic E-state index is -0.385. The van der Waals surface area contributed by atoms with E-state index in [0.717, 1.165) is 0 Å². The van der Waals surface area contributed by atoms with Crippen LogP contribution in [0.2, 0.25) is 0 Å². The van der Waals surface area contributed by atoms with E-state index in [1.165, 1.54) is 7.11 Å². The van der Waals surface area contributed by atoms with Gasteiger partial charge in [0.05, 0.1) is 18.4 Å². The second-order valence-electron chi connectivity index (χ2n) is 5.20. The number of hydrogen-bond acceptors (Lipinski definition) is 4. The van der Waals surface area contributed by atoms with Gasteiger partial charge in [0.1, 0.15) is 17.3 Å². The van der Waals surface area contributed by atoms with Crippen molar-refractivity contribution in [2.24, 2.45) is 5.73 Å². The molecule has 0 aromatic heterocycles. The van der Waals surface area contributed by atoms with E-state index in [2.05, 4.69) is 5.32 Å². The van der Waals surface area contributed by atoms with Crippen molar-refractivity contribution in [3.63, 3.8) is 0 Å². The predicted molar refractivity (Wildman–Crippen MR) is 83.2 cm³/mol. The van der Waals surface area contributed by atoms with Gasteiger partial charge < -0.3 is 20.5 Å². The lowest BCUT2D eigenvalue weighted by molar-refractivity contribution is -0.125. The van der Waals surface area contributed by atoms with Crippen molar-refractivity contribution in [1.29, 1.82) is 0 Å². The highest BCUT2D eigenvalue weighted by molar-refractivity contribution is 7.80. The molecule has 0 saturated carbocycles. The summed E-state index contributed by atoms with van der Waals surface area (Å²) >= 11 is 4.97. The van der Waals surface area contributed by atoms with Crippen molar-refractivity contribution in [3.05, 3.63) is 23.8 Å². The van der Waals surface area contributed by atoms with E-state index in [1.807, 2.05) is 20.8 Å². The summed E-state index contributed by atoms with van der Waals surface area (Å²) in [6.45, 7) is 5.58. The maximum absolute atomic E-state index is 11.9. The van der Waals surface area contributed by atoms with Crippen molar-refractivity contribution >= 4 is 28.8 Å². The van der Waals surface area contributed by atoms with Gasteiger partial charge in [-0.15, -0.1) is 0 Å². The molecule has 5 nitrogen and oxygen atoms in total. The number of anilines is 1. The van der Waals surface area contributed by atoms with Crippen LogP contribution in [0.1, 0.15) is 26.3 Å². The van der Waals surface area contributed by atoms with Crippen molar-refractivity contribution in [3.8, 4) is 5.75 Å². The largest absolute Gasteiger partial charge is 0.495 e. The molecule has 20 heavy (non-hydrogen) atoms. The minimum absolute atomic E-state index is 0.0572. The Morgan fingerprint density at radius 2 is 2.05 bits per heavy atom. The summed E-state index contributed by atoms with van der Waals surface area (Å²) in [5.74, 6) is 0.210. The maximum Gasteiger partial charge on any atom is 0.250 e. The number of para-hydroxylation sites is 1. The molecule has 110 valence electrons. The van der Waals surface area contributed by atoms with E-state index >= 15 is 0 Å². The summed E-state index contributed by atoms with van der Waals surface area (Å²) < 4.78 is 10.6. The van der Waals surface area contributed by atoms with Gasteiger partial charge >= 0.3 is 0 Å². The number of hydrogen-bond donors (Lipinski definition) is 2. The van der Waals surface area contributed by atoms with Crippen molar-refractivity contribution in [1.82, 2.24) is 0 Å². The fourth-order valence-corrected chi connectivity index (χ4v) is 1.66. The lowest BCUT2D eigenvalue weighted by Gasteiger charge is -2.20. The fourth-order valence-electron chi connectivity index (χ4n) is 1.49. The molecule has 0 unspecified atom stereocenters. The Hall–Kier alpha value is -1.66. The first-order valence-corrected chi connectivity index (χ1v) is 6.56. The molecule has 0 aliphatic rings.